The molecule has 0 atom stereocenters. The molecule has 0 unspecified atom stereocenters. The van der Waals surface area contributed by atoms with Crippen LogP contribution in [0.5, 0.6) is 0 Å². The predicted octanol–water partition coefficient (Wildman–Crippen LogP) is 1.49. The maximum Gasteiger partial charge on any atom is 0.310 e. The van der Waals surface area contributed by atoms with E-state index in [1.54, 1.807) is 7.05 Å². The number of hydrogen-bond donors (Lipinski definition) is 1. The fourth-order valence-electron chi connectivity index (χ4n) is 1.71. The third-order valence-electron chi connectivity index (χ3n) is 2.85. The summed E-state index contributed by atoms with van der Waals surface area (Å²) in [5.41, 5.74) is 0.365. The zero-order chi connectivity index (χ0) is 12.7. The highest BCUT2D eigenvalue weighted by atomic mass is 35.5. The van der Waals surface area contributed by atoms with Crippen LogP contribution in [0.25, 0.3) is 0 Å². The number of carbonyl (C=O) groups excluding carboxylic acids is 1. The number of carbonyl (C=O) groups is 2. The van der Waals surface area contributed by atoms with Crippen molar-refractivity contribution in [2.45, 2.75) is 0 Å². The molecule has 0 aliphatic carbocycles. The Morgan fingerprint density at radius 2 is 2.00 bits per heavy atom. The Kier molecular flexibility index (Phi) is 3.05. The van der Waals surface area contributed by atoms with E-state index >= 15 is 0 Å². The summed E-state index contributed by atoms with van der Waals surface area (Å²) in [6.45, 7) is 0.461. The molecule has 92 valence electrons. The van der Waals surface area contributed by atoms with E-state index < -0.39 is 11.9 Å². The van der Waals surface area contributed by atoms with Crippen molar-refractivity contribution in [2.24, 2.45) is 13.0 Å². The average molecular weight is 277 g/mol. The summed E-state index contributed by atoms with van der Waals surface area (Å²) in [5.74, 6) is -1.60. The normalized spacial score (nSPS) is 15.8. The molecule has 5 nitrogen and oxygen atoms in total. The Labute approximate surface area is 108 Å². The van der Waals surface area contributed by atoms with Crippen LogP contribution in [-0.4, -0.2) is 39.5 Å². The lowest BCUT2D eigenvalue weighted by molar-refractivity contribution is -0.146. The van der Waals surface area contributed by atoms with Crippen LogP contribution in [0, 0.1) is 5.92 Å². The molecule has 1 N–H and O–H groups in total. The van der Waals surface area contributed by atoms with Gasteiger partial charge < -0.3 is 14.6 Å². The second kappa shape index (κ2) is 4.23. The Hall–Kier alpha value is -1.20. The minimum absolute atomic E-state index is 0.231. The number of rotatable bonds is 2. The summed E-state index contributed by atoms with van der Waals surface area (Å²) in [4.78, 5) is 24.1. The maximum absolute atomic E-state index is 12.0. The highest BCUT2D eigenvalue weighted by molar-refractivity contribution is 6.41. The van der Waals surface area contributed by atoms with Crippen LogP contribution in [0.15, 0.2) is 6.07 Å². The molecular formula is C10H10Cl2N2O3. The van der Waals surface area contributed by atoms with Gasteiger partial charge >= 0.3 is 5.97 Å². The smallest absolute Gasteiger partial charge is 0.310 e. The van der Waals surface area contributed by atoms with Crippen LogP contribution in [0.4, 0.5) is 0 Å². The molecule has 0 radical (unpaired) electrons. The molecule has 1 amide bonds. The zero-order valence-corrected chi connectivity index (χ0v) is 10.5. The fraction of sp³-hybridized carbons (Fsp3) is 0.400. The van der Waals surface area contributed by atoms with Crippen molar-refractivity contribution >= 4 is 35.1 Å². The minimum atomic E-state index is -0.878. The van der Waals surface area contributed by atoms with Crippen LogP contribution in [0.2, 0.25) is 10.2 Å². The summed E-state index contributed by atoms with van der Waals surface area (Å²) in [6, 6.07) is 1.49. The highest BCUT2D eigenvalue weighted by Gasteiger charge is 2.37. The zero-order valence-electron chi connectivity index (χ0n) is 8.98. The van der Waals surface area contributed by atoms with Gasteiger partial charge in [0.25, 0.3) is 5.91 Å². The molecular weight excluding hydrogens is 267 g/mol. The number of hydrogen-bond acceptors (Lipinski definition) is 2. The first-order chi connectivity index (χ1) is 7.91. The van der Waals surface area contributed by atoms with Crippen LogP contribution in [0.3, 0.4) is 0 Å². The predicted molar refractivity (Wildman–Crippen MR) is 62.5 cm³/mol. The van der Waals surface area contributed by atoms with Crippen LogP contribution in [-0.2, 0) is 11.8 Å². The van der Waals surface area contributed by atoms with Crippen LogP contribution in [0.1, 0.15) is 10.5 Å². The van der Waals surface area contributed by atoms with E-state index in [0.29, 0.717) is 15.9 Å². The van der Waals surface area contributed by atoms with Gasteiger partial charge in [0.2, 0.25) is 0 Å². The summed E-state index contributed by atoms with van der Waals surface area (Å²) < 4.78 is 1.49. The second-order valence-corrected chi connectivity index (χ2v) is 4.74. The molecule has 2 heterocycles. The first-order valence-corrected chi connectivity index (χ1v) is 5.70. The lowest BCUT2D eigenvalue weighted by Crippen LogP contribution is -2.53. The Morgan fingerprint density at radius 1 is 1.41 bits per heavy atom. The van der Waals surface area contributed by atoms with Crippen molar-refractivity contribution in [1.82, 2.24) is 9.47 Å². The number of halogens is 2. The van der Waals surface area contributed by atoms with E-state index in [1.807, 2.05) is 0 Å². The van der Waals surface area contributed by atoms with E-state index in [9.17, 15) is 9.59 Å². The molecule has 1 aliphatic rings. The monoisotopic (exact) mass is 276 g/mol. The van der Waals surface area contributed by atoms with Gasteiger partial charge in [-0.1, -0.05) is 23.2 Å². The number of carboxylic acid groups (broad SMARTS) is 1. The van der Waals surface area contributed by atoms with E-state index in [-0.39, 0.29) is 19.0 Å². The van der Waals surface area contributed by atoms with Gasteiger partial charge in [-0.15, -0.1) is 0 Å². The van der Waals surface area contributed by atoms with E-state index in [0.717, 1.165) is 0 Å². The van der Waals surface area contributed by atoms with Gasteiger partial charge in [0.15, 0.2) is 0 Å². The average Bonchev–Trinajstić information content (AvgIpc) is 2.43. The topological polar surface area (TPSA) is 62.5 Å². The van der Waals surface area contributed by atoms with Gasteiger partial charge in [-0.2, -0.15) is 0 Å². The van der Waals surface area contributed by atoms with Gasteiger partial charge in [0, 0.05) is 20.1 Å². The Bertz CT molecular complexity index is 492. The molecule has 2 rings (SSSR count). The van der Waals surface area contributed by atoms with Gasteiger partial charge in [0.1, 0.15) is 10.8 Å². The largest absolute Gasteiger partial charge is 0.481 e. The van der Waals surface area contributed by atoms with Crippen molar-refractivity contribution in [3.63, 3.8) is 0 Å². The fourth-order valence-corrected chi connectivity index (χ4v) is 2.09. The molecule has 1 aromatic heterocycles. The summed E-state index contributed by atoms with van der Waals surface area (Å²) in [7, 11) is 1.63. The lowest BCUT2D eigenvalue weighted by atomic mass is 10.0. The van der Waals surface area contributed by atoms with Gasteiger partial charge in [0.05, 0.1) is 10.9 Å². The molecule has 0 saturated carbocycles. The van der Waals surface area contributed by atoms with E-state index in [1.165, 1.54) is 15.5 Å². The van der Waals surface area contributed by atoms with E-state index in [2.05, 4.69) is 0 Å². The van der Waals surface area contributed by atoms with Crippen molar-refractivity contribution in [3.05, 3.63) is 21.9 Å². The molecule has 17 heavy (non-hydrogen) atoms. The first-order valence-electron chi connectivity index (χ1n) is 4.94. The lowest BCUT2D eigenvalue weighted by Gasteiger charge is -2.36. The molecule has 7 heteroatoms. The molecule has 0 bridgehead atoms. The number of aromatic nitrogens is 1. The minimum Gasteiger partial charge on any atom is -0.481 e. The van der Waals surface area contributed by atoms with Crippen LogP contribution < -0.4 is 0 Å². The van der Waals surface area contributed by atoms with Crippen molar-refractivity contribution in [3.8, 4) is 0 Å². The van der Waals surface area contributed by atoms with Crippen molar-refractivity contribution in [2.75, 3.05) is 13.1 Å². The molecule has 0 spiro atoms. The van der Waals surface area contributed by atoms with Crippen molar-refractivity contribution in [1.29, 1.82) is 0 Å². The van der Waals surface area contributed by atoms with Crippen molar-refractivity contribution < 1.29 is 14.7 Å². The number of likely N-dealkylation sites (tertiary alicyclic amines) is 1. The molecule has 1 aliphatic heterocycles. The third-order valence-corrected chi connectivity index (χ3v) is 3.70. The number of aliphatic carboxylic acids is 1. The van der Waals surface area contributed by atoms with Crippen LogP contribution >= 0.6 is 23.2 Å². The highest BCUT2D eigenvalue weighted by Crippen LogP contribution is 2.27. The number of nitrogens with zero attached hydrogens (tertiary/aromatic N) is 2. The standard InChI is InChI=1S/C10H10Cl2N2O3/c1-13-7(2-6(11)8(13)12)9(15)14-3-5(4-14)10(16)17/h2,5H,3-4H2,1H3,(H,16,17). The molecule has 0 aromatic carbocycles. The van der Waals surface area contributed by atoms with Gasteiger partial charge in [-0.25, -0.2) is 0 Å². The molecule has 1 saturated heterocycles. The Morgan fingerprint density at radius 3 is 2.41 bits per heavy atom. The quantitative estimate of drug-likeness (QED) is 0.890. The Balaban J connectivity index is 2.12. The van der Waals surface area contributed by atoms with Gasteiger partial charge in [-0.05, 0) is 6.07 Å². The first kappa shape index (κ1) is 12.3. The third kappa shape index (κ3) is 2.00. The van der Waals surface area contributed by atoms with E-state index in [4.69, 9.17) is 28.3 Å². The van der Waals surface area contributed by atoms with Gasteiger partial charge in [-0.3, -0.25) is 9.59 Å². The summed E-state index contributed by atoms with van der Waals surface area (Å²) >= 11 is 11.7. The number of amides is 1. The number of carboxylic acids is 1. The maximum atomic E-state index is 12.0. The molecule has 1 aromatic rings. The summed E-state index contributed by atoms with van der Waals surface area (Å²) in [6.07, 6.45) is 0. The summed E-state index contributed by atoms with van der Waals surface area (Å²) in [5, 5.41) is 9.33. The molecule has 1 fully saturated rings. The SMILES string of the molecule is Cn1c(C(=O)N2CC(C(=O)O)C2)cc(Cl)c1Cl. The second-order valence-electron chi connectivity index (χ2n) is 3.97.